The van der Waals surface area contributed by atoms with Crippen molar-refractivity contribution in [2.45, 2.75) is 77.0 Å². The number of fused-ring (bicyclic) bond motifs is 6. The fourth-order valence-electron chi connectivity index (χ4n) is 7.24. The summed E-state index contributed by atoms with van der Waals surface area (Å²) in [7, 11) is 0. The molecule has 21 heteroatoms. The maximum atomic E-state index is 13.3. The van der Waals surface area contributed by atoms with E-state index in [0.717, 1.165) is 60.7 Å². The molecule has 0 aliphatic heterocycles. The van der Waals surface area contributed by atoms with Crippen molar-refractivity contribution in [1.82, 2.24) is 29.9 Å². The lowest BCUT2D eigenvalue weighted by molar-refractivity contribution is -0.138. The lowest BCUT2D eigenvalue weighted by Gasteiger charge is -2.14. The Labute approximate surface area is 388 Å². The minimum Gasteiger partial charge on any atom is -0.447 e. The molecule has 15 nitrogen and oxygen atoms in total. The van der Waals surface area contributed by atoms with Crippen LogP contribution >= 0.6 is 0 Å². The van der Waals surface area contributed by atoms with E-state index >= 15 is 0 Å². The molecule has 4 heterocycles. The number of anilines is 8. The van der Waals surface area contributed by atoms with Crippen LogP contribution in [0.2, 0.25) is 0 Å². The van der Waals surface area contributed by atoms with E-state index < -0.39 is 29.6 Å². The van der Waals surface area contributed by atoms with Crippen LogP contribution in [0.3, 0.4) is 0 Å². The van der Waals surface area contributed by atoms with Crippen LogP contribution in [0.5, 0.6) is 0 Å². The number of ether oxygens (including phenoxy) is 1. The van der Waals surface area contributed by atoms with Gasteiger partial charge in [0.05, 0.1) is 28.3 Å². The lowest BCUT2D eigenvalue weighted by atomic mass is 10.1. The predicted molar refractivity (Wildman–Crippen MR) is 252 cm³/mol. The Kier molecular flexibility index (Phi) is 12.4. The molecule has 4 aromatic heterocycles. The molecule has 2 fully saturated rings. The fraction of sp³-hybridized carbons (Fsp3) is 0.250. The zero-order valence-corrected chi connectivity index (χ0v) is 37.0. The van der Waals surface area contributed by atoms with Gasteiger partial charge in [0, 0.05) is 75.7 Å². The second-order valence-corrected chi connectivity index (χ2v) is 16.8. The van der Waals surface area contributed by atoms with Crippen LogP contribution in [0.25, 0.3) is 43.6 Å². The number of benzene rings is 4. The average molecular weight is 949 g/mol. The number of carbonyl (C=O) groups excluding carboxylic acids is 2. The monoisotopic (exact) mass is 948 g/mol. The molecule has 0 radical (unpaired) electrons. The van der Waals surface area contributed by atoms with Crippen LogP contribution in [0.15, 0.2) is 97.3 Å². The Morgan fingerprint density at radius 1 is 0.580 bits per heavy atom. The molecule has 0 saturated heterocycles. The summed E-state index contributed by atoms with van der Waals surface area (Å²) in [6.45, 7) is 4.89. The number of aromatic nitrogens is 6. The molecule has 2 saturated carbocycles. The molecule has 10 rings (SSSR count). The minimum atomic E-state index is -4.48. The Morgan fingerprint density at radius 2 is 1.03 bits per heavy atom. The summed E-state index contributed by atoms with van der Waals surface area (Å²) in [4.78, 5) is 50.8. The molecular weight excluding hydrogens is 907 g/mol. The number of pyridine rings is 2. The molecule has 2 amide bonds. The van der Waals surface area contributed by atoms with E-state index in [1.807, 2.05) is 0 Å². The van der Waals surface area contributed by atoms with E-state index in [9.17, 15) is 35.9 Å². The number of nitrogens with one attached hydrogen (secondary N) is 6. The van der Waals surface area contributed by atoms with Gasteiger partial charge in [0.15, 0.2) is 11.6 Å². The smallest absolute Gasteiger partial charge is 0.416 e. The number of rotatable bonds is 11. The van der Waals surface area contributed by atoms with Gasteiger partial charge < -0.3 is 31.3 Å². The first-order valence-electron chi connectivity index (χ1n) is 21.8. The maximum Gasteiger partial charge on any atom is 0.416 e. The van der Waals surface area contributed by atoms with Gasteiger partial charge in [0.1, 0.15) is 11.0 Å². The van der Waals surface area contributed by atoms with Crippen molar-refractivity contribution in [2.24, 2.45) is 0 Å². The Balaban J connectivity index is 0.000000172. The van der Waals surface area contributed by atoms with Crippen LogP contribution in [-0.4, -0.2) is 60.1 Å². The van der Waals surface area contributed by atoms with Crippen molar-refractivity contribution in [3.05, 3.63) is 108 Å². The van der Waals surface area contributed by atoms with Crippen LogP contribution in [0.1, 0.15) is 57.6 Å². The molecule has 2 aliphatic rings. The molecule has 6 N–H and O–H groups in total. The van der Waals surface area contributed by atoms with Crippen molar-refractivity contribution in [3.63, 3.8) is 0 Å². The van der Waals surface area contributed by atoms with E-state index in [2.05, 4.69) is 61.8 Å². The Hall–Kier alpha value is -8.10. The van der Waals surface area contributed by atoms with E-state index in [0.29, 0.717) is 68.2 Å². The number of carbonyl (C=O) groups is 2. The third-order valence-electron chi connectivity index (χ3n) is 10.7. The highest BCUT2D eigenvalue weighted by Crippen LogP contribution is 2.37. The van der Waals surface area contributed by atoms with Gasteiger partial charge in [-0.05, 0) is 100 Å². The van der Waals surface area contributed by atoms with Gasteiger partial charge in [-0.1, -0.05) is 24.3 Å². The lowest BCUT2D eigenvalue weighted by Crippen LogP contribution is -2.17. The summed E-state index contributed by atoms with van der Waals surface area (Å²) in [6, 6.07) is 20.8. The highest BCUT2D eigenvalue weighted by molar-refractivity contribution is 6.11. The predicted octanol–water partition coefficient (Wildman–Crippen LogP) is 11.9. The Morgan fingerprint density at radius 3 is 1.43 bits per heavy atom. The molecule has 4 aromatic carbocycles. The molecule has 69 heavy (non-hydrogen) atoms. The second-order valence-electron chi connectivity index (χ2n) is 16.8. The molecule has 2 aliphatic carbocycles. The summed E-state index contributed by atoms with van der Waals surface area (Å²) in [5.74, 6) is 1.19. The molecule has 8 aromatic rings. The molecule has 354 valence electrons. The van der Waals surface area contributed by atoms with Gasteiger partial charge in [-0.25, -0.2) is 34.7 Å². The van der Waals surface area contributed by atoms with Crippen LogP contribution < -0.4 is 31.9 Å². The maximum absolute atomic E-state index is 13.3. The third-order valence-corrected chi connectivity index (χ3v) is 10.7. The number of hydrogen-bond donors (Lipinski definition) is 6. The van der Waals surface area contributed by atoms with Gasteiger partial charge in [-0.15, -0.1) is 0 Å². The van der Waals surface area contributed by atoms with Crippen molar-refractivity contribution in [1.29, 1.82) is 0 Å². The fourth-order valence-corrected chi connectivity index (χ4v) is 7.24. The zero-order valence-electron chi connectivity index (χ0n) is 37.0. The van der Waals surface area contributed by atoms with Gasteiger partial charge in [0.25, 0.3) is 0 Å². The first-order valence-corrected chi connectivity index (χ1v) is 21.8. The summed E-state index contributed by atoms with van der Waals surface area (Å²) in [6.07, 6.45) is -2.36. The SMILES string of the molecule is CC(=O)Nc1ccc2c(c1)nc(Nc1cccc(C(F)(F)F)c1)c1nc(NC3CC3)ncc12.CC(C)OC(=O)Nc1ccc2c(c1)nc(Nc1cccc(C(F)(F)F)c1)c1nc(NC3CC3)ncc12. The van der Waals surface area contributed by atoms with Gasteiger partial charge in [0.2, 0.25) is 17.8 Å². The largest absolute Gasteiger partial charge is 0.447 e. The second kappa shape index (κ2) is 18.5. The zero-order chi connectivity index (χ0) is 48.6. The summed E-state index contributed by atoms with van der Waals surface area (Å²) in [5.41, 5.74) is 1.87. The number of halogens is 6. The van der Waals surface area contributed by atoms with Gasteiger partial charge in [-0.3, -0.25) is 10.1 Å². The normalized spacial score (nSPS) is 13.8. The topological polar surface area (TPSA) is 193 Å². The summed E-state index contributed by atoms with van der Waals surface area (Å²) in [5, 5.41) is 20.6. The van der Waals surface area contributed by atoms with Crippen molar-refractivity contribution in [3.8, 4) is 0 Å². The Bertz CT molecular complexity index is 3270. The van der Waals surface area contributed by atoms with Crippen molar-refractivity contribution < 1.29 is 40.7 Å². The average Bonchev–Trinajstić information content (AvgIpc) is 4.24. The minimum absolute atomic E-state index is 0.211. The molecule has 0 unspecified atom stereocenters. The molecular formula is C48H42F6N12O3. The van der Waals surface area contributed by atoms with E-state index in [1.165, 1.54) is 31.2 Å². The standard InChI is InChI=1S/C25H23F3N6O2.C23H19F3N6O/c1-13(2)36-24(35)32-17-8-9-18-19-12-29-23(31-15-6-7-15)34-21(19)22(33-20(18)11-17)30-16-5-3-4-14(10-16)25(26,27)28;1-12(33)28-16-7-8-17-18-11-27-22(30-14-5-6-14)32-20(18)21(31-19(17)10-16)29-15-4-2-3-13(9-15)23(24,25)26/h3-5,8-13,15H,6-7H2,1-2H3,(H,30,33)(H,32,35)(H,29,31,34);2-4,7-11,14H,5-6H2,1H3,(H,28,33)(H,29,31)(H,27,30,32). The van der Waals surface area contributed by atoms with Gasteiger partial charge in [-0.2, -0.15) is 26.3 Å². The van der Waals surface area contributed by atoms with Gasteiger partial charge >= 0.3 is 18.4 Å². The number of amides is 2. The van der Waals surface area contributed by atoms with E-state index in [4.69, 9.17) is 4.74 Å². The molecule has 0 spiro atoms. The third kappa shape index (κ3) is 11.2. The first-order chi connectivity index (χ1) is 32.9. The molecule has 0 atom stereocenters. The number of hydrogen-bond acceptors (Lipinski definition) is 13. The highest BCUT2D eigenvalue weighted by Gasteiger charge is 2.32. The summed E-state index contributed by atoms with van der Waals surface area (Å²) < 4.78 is 84.5. The number of alkyl halides is 6. The quantitative estimate of drug-likeness (QED) is 0.0530. The van der Waals surface area contributed by atoms with E-state index in [-0.39, 0.29) is 35.0 Å². The summed E-state index contributed by atoms with van der Waals surface area (Å²) >= 11 is 0. The van der Waals surface area contributed by atoms with Crippen LogP contribution in [-0.2, 0) is 21.9 Å². The highest BCUT2D eigenvalue weighted by atomic mass is 19.4. The van der Waals surface area contributed by atoms with Crippen molar-refractivity contribution >= 4 is 102 Å². The van der Waals surface area contributed by atoms with Crippen LogP contribution in [0.4, 0.5) is 77.4 Å². The van der Waals surface area contributed by atoms with E-state index in [1.54, 1.807) is 62.6 Å². The number of nitrogens with zero attached hydrogens (tertiary/aromatic N) is 6. The van der Waals surface area contributed by atoms with Crippen molar-refractivity contribution in [2.75, 3.05) is 31.9 Å². The first kappa shape index (κ1) is 46.0. The van der Waals surface area contributed by atoms with Crippen LogP contribution in [0, 0.1) is 0 Å². The molecule has 0 bridgehead atoms.